The zero-order chi connectivity index (χ0) is 27.0. The van der Waals surface area contributed by atoms with Crippen LogP contribution in [0.2, 0.25) is 0 Å². The minimum absolute atomic E-state index is 0.00181. The van der Waals surface area contributed by atoms with Crippen molar-refractivity contribution in [2.24, 2.45) is 16.8 Å². The number of aromatic nitrogens is 2. The monoisotopic (exact) mass is 523 g/mol. The van der Waals surface area contributed by atoms with Crippen molar-refractivity contribution in [1.82, 2.24) is 20.6 Å². The molecule has 2 aromatic heterocycles. The van der Waals surface area contributed by atoms with E-state index in [-0.39, 0.29) is 31.7 Å². The molecule has 1 aliphatic carbocycles. The Balaban J connectivity index is 1.54. The summed E-state index contributed by atoms with van der Waals surface area (Å²) in [5.41, 5.74) is 3.98. The summed E-state index contributed by atoms with van der Waals surface area (Å²) >= 11 is 0. The number of nitrogens with zero attached hydrogens (tertiary/aromatic N) is 2. The van der Waals surface area contributed by atoms with Gasteiger partial charge in [-0.2, -0.15) is 0 Å². The topological polar surface area (TPSA) is 123 Å². The summed E-state index contributed by atoms with van der Waals surface area (Å²) in [6.07, 6.45) is 2.86. The van der Waals surface area contributed by atoms with Crippen LogP contribution < -0.4 is 10.6 Å². The molecule has 8 nitrogen and oxygen atoms in total. The van der Waals surface area contributed by atoms with E-state index in [9.17, 15) is 23.8 Å². The number of nitrogens with one attached hydrogen (secondary N) is 3. The van der Waals surface area contributed by atoms with E-state index in [1.165, 1.54) is 12.1 Å². The highest BCUT2D eigenvalue weighted by atomic mass is 19.1. The van der Waals surface area contributed by atoms with Gasteiger partial charge in [0.05, 0.1) is 23.6 Å². The van der Waals surface area contributed by atoms with Gasteiger partial charge in [0.25, 0.3) is 0 Å². The highest BCUT2D eigenvalue weighted by Crippen LogP contribution is 2.35. The second-order valence-electron chi connectivity index (χ2n) is 10.0. The molecule has 38 heavy (non-hydrogen) atoms. The van der Waals surface area contributed by atoms with Crippen LogP contribution in [0.3, 0.4) is 0 Å². The van der Waals surface area contributed by atoms with Crippen molar-refractivity contribution < 1.29 is 23.8 Å². The van der Waals surface area contributed by atoms with E-state index in [2.05, 4.69) is 27.5 Å². The fourth-order valence-electron chi connectivity index (χ4n) is 5.57. The summed E-state index contributed by atoms with van der Waals surface area (Å²) in [6, 6.07) is 6.51. The van der Waals surface area contributed by atoms with Gasteiger partial charge in [0.1, 0.15) is 29.6 Å². The molecule has 5 unspecified atom stereocenters. The van der Waals surface area contributed by atoms with Gasteiger partial charge >= 0.3 is 0 Å². The molecule has 5 atom stereocenters. The second kappa shape index (κ2) is 10.7. The Morgan fingerprint density at radius 3 is 2.63 bits per heavy atom. The van der Waals surface area contributed by atoms with Crippen LogP contribution in [0.5, 0.6) is 0 Å². The minimum atomic E-state index is -1.26. The van der Waals surface area contributed by atoms with Crippen molar-refractivity contribution in [2.45, 2.75) is 51.5 Å². The van der Waals surface area contributed by atoms with E-state index in [0.29, 0.717) is 11.4 Å². The van der Waals surface area contributed by atoms with Gasteiger partial charge in [-0.05, 0) is 49.6 Å². The lowest BCUT2D eigenvalue weighted by Crippen LogP contribution is -2.54. The number of hydrogen-bond acceptors (Lipinski definition) is 6. The molecule has 1 aliphatic heterocycles. The highest BCUT2D eigenvalue weighted by molar-refractivity contribution is 6.25. The van der Waals surface area contributed by atoms with Gasteiger partial charge in [-0.25, -0.2) is 8.78 Å². The third-order valence-electron chi connectivity index (χ3n) is 7.58. The average Bonchev–Trinajstić information content (AvgIpc) is 3.43. The van der Waals surface area contributed by atoms with E-state index in [4.69, 9.17) is 4.99 Å². The number of carbonyl (C=O) groups is 1. The van der Waals surface area contributed by atoms with Crippen LogP contribution in [-0.2, 0) is 11.3 Å². The van der Waals surface area contributed by atoms with Gasteiger partial charge in [0.15, 0.2) is 5.78 Å². The van der Waals surface area contributed by atoms with Gasteiger partial charge in [-0.3, -0.25) is 20.1 Å². The first-order valence-electron chi connectivity index (χ1n) is 12.8. The number of aliphatic imine (C=N–C) groups is 1. The van der Waals surface area contributed by atoms with Crippen LogP contribution in [0.15, 0.2) is 53.3 Å². The lowest BCUT2D eigenvalue weighted by molar-refractivity contribution is -0.126. The van der Waals surface area contributed by atoms with Crippen LogP contribution in [0.1, 0.15) is 37.9 Å². The Kier molecular flexibility index (Phi) is 7.38. The third kappa shape index (κ3) is 4.99. The van der Waals surface area contributed by atoms with Crippen LogP contribution >= 0.6 is 0 Å². The molecule has 0 spiro atoms. The number of ketones is 1. The summed E-state index contributed by atoms with van der Waals surface area (Å²) < 4.78 is 27.5. The lowest BCUT2D eigenvalue weighted by Gasteiger charge is -2.37. The molecule has 1 aromatic carbocycles. The van der Waals surface area contributed by atoms with E-state index < -0.39 is 35.5 Å². The van der Waals surface area contributed by atoms with E-state index in [1.54, 1.807) is 12.4 Å². The van der Waals surface area contributed by atoms with Crippen molar-refractivity contribution in [3.05, 3.63) is 71.2 Å². The number of rotatable bonds is 7. The van der Waals surface area contributed by atoms with Crippen molar-refractivity contribution in [3.8, 4) is 0 Å². The Labute approximate surface area is 218 Å². The molecule has 200 valence electrons. The van der Waals surface area contributed by atoms with E-state index in [1.807, 2.05) is 19.1 Å². The van der Waals surface area contributed by atoms with Crippen molar-refractivity contribution in [1.29, 1.82) is 0 Å². The number of Topliss-reactive ketones (excluding diaryl/α,β-unsaturated/α-hetero) is 1. The molecule has 0 bridgehead atoms. The molecule has 0 radical (unpaired) electrons. The van der Waals surface area contributed by atoms with Gasteiger partial charge in [0, 0.05) is 48.2 Å². The number of pyridine rings is 1. The smallest absolute Gasteiger partial charge is 0.186 e. The molecule has 3 heterocycles. The quantitative estimate of drug-likeness (QED) is 0.325. The average molecular weight is 524 g/mol. The number of H-pyrrole nitrogens is 1. The second-order valence-corrected chi connectivity index (χ2v) is 10.0. The summed E-state index contributed by atoms with van der Waals surface area (Å²) in [5, 5.41) is 27.6. The molecular formula is C28H31F2N5O3. The molecule has 3 aromatic rings. The van der Waals surface area contributed by atoms with Crippen LogP contribution in [-0.4, -0.2) is 56.7 Å². The number of benzene rings is 1. The van der Waals surface area contributed by atoms with Crippen molar-refractivity contribution >= 4 is 28.1 Å². The summed E-state index contributed by atoms with van der Waals surface area (Å²) in [6.45, 7) is 3.99. The van der Waals surface area contributed by atoms with E-state index >= 15 is 0 Å². The standard InChI is InChI=1S/C28H31F2N5O3/c1-3-20-14(2)24(21-8-16-4-5-31-12-23(16)33-21)28(34-22-9-17(13-36)25(37)26(22)38)35-27(20)32-11-15-6-18(29)10-19(30)7-15/h4-8,10,12,17,20,22,25,27,32-33,36-37H,3,9,11,13H2,1-2H3,(H,34,35). The van der Waals surface area contributed by atoms with Crippen LogP contribution in [0.4, 0.5) is 8.78 Å². The van der Waals surface area contributed by atoms with Gasteiger partial charge in [-0.15, -0.1) is 0 Å². The first kappa shape index (κ1) is 26.1. The molecule has 0 amide bonds. The number of carbonyl (C=O) groups excluding carboxylic acids is 1. The Morgan fingerprint density at radius 2 is 1.97 bits per heavy atom. The SMILES string of the molecule is CCC1C(C)=C(c2cc3ccncc3[nH]2)C(=NC2CC(CO)C(O)C2=O)NC1NCc1cc(F)cc(F)c1. The molecule has 5 N–H and O–H groups in total. The Hall–Kier alpha value is -3.47. The van der Waals surface area contributed by atoms with Gasteiger partial charge in [0.2, 0.25) is 0 Å². The number of halogens is 2. The molecule has 1 saturated carbocycles. The lowest BCUT2D eigenvalue weighted by atomic mass is 9.85. The summed E-state index contributed by atoms with van der Waals surface area (Å²) in [7, 11) is 0. The zero-order valence-electron chi connectivity index (χ0n) is 21.2. The Morgan fingerprint density at radius 1 is 1.21 bits per heavy atom. The first-order chi connectivity index (χ1) is 18.3. The molecule has 0 saturated heterocycles. The highest BCUT2D eigenvalue weighted by Gasteiger charge is 2.42. The summed E-state index contributed by atoms with van der Waals surface area (Å²) in [4.78, 5) is 25.1. The number of aliphatic hydroxyl groups excluding tert-OH is 2. The third-order valence-corrected chi connectivity index (χ3v) is 7.58. The molecule has 10 heteroatoms. The zero-order valence-corrected chi connectivity index (χ0v) is 21.2. The van der Waals surface area contributed by atoms with Gasteiger partial charge in [-0.1, -0.05) is 12.5 Å². The molecule has 5 rings (SSSR count). The predicted octanol–water partition coefficient (Wildman–Crippen LogP) is 3.07. The van der Waals surface area contributed by atoms with Crippen LogP contribution in [0, 0.1) is 23.5 Å². The predicted molar refractivity (Wildman–Crippen MR) is 140 cm³/mol. The molecular weight excluding hydrogens is 492 g/mol. The maximum atomic E-state index is 13.8. The molecule has 1 fully saturated rings. The summed E-state index contributed by atoms with van der Waals surface area (Å²) in [5.74, 6) is -1.80. The maximum Gasteiger partial charge on any atom is 0.186 e. The fraction of sp³-hybridized carbons (Fsp3) is 0.393. The van der Waals surface area contributed by atoms with Crippen molar-refractivity contribution in [2.75, 3.05) is 6.61 Å². The number of amidine groups is 1. The number of fused-ring (bicyclic) bond motifs is 1. The van der Waals surface area contributed by atoms with E-state index in [0.717, 1.165) is 40.2 Å². The molecule has 2 aliphatic rings. The Bertz CT molecular complexity index is 1370. The maximum absolute atomic E-state index is 13.8. The van der Waals surface area contributed by atoms with Crippen LogP contribution in [0.25, 0.3) is 16.5 Å². The number of aliphatic hydroxyl groups is 2. The fourth-order valence-corrected chi connectivity index (χ4v) is 5.57. The normalized spacial score (nSPS) is 26.9. The van der Waals surface area contributed by atoms with Gasteiger partial charge < -0.3 is 20.5 Å². The van der Waals surface area contributed by atoms with Crippen molar-refractivity contribution in [3.63, 3.8) is 0 Å². The number of aromatic amines is 1. The minimum Gasteiger partial charge on any atom is -0.396 e. The largest absolute Gasteiger partial charge is 0.396 e. The first-order valence-corrected chi connectivity index (χ1v) is 12.8. The number of hydrogen-bond donors (Lipinski definition) is 5.